The molecule has 1 rings (SSSR count). The number of nitrogens with one attached hydrogen (secondary N) is 1. The summed E-state index contributed by atoms with van der Waals surface area (Å²) in [7, 11) is 1.35. The van der Waals surface area contributed by atoms with Crippen molar-refractivity contribution in [1.82, 2.24) is 0 Å². The van der Waals surface area contributed by atoms with Crippen LogP contribution < -0.4 is 5.32 Å². The number of ether oxygens (including phenoxy) is 1. The molecule has 0 fully saturated rings. The van der Waals surface area contributed by atoms with Crippen LogP contribution in [0.3, 0.4) is 0 Å². The number of nitrogens with zero attached hydrogens (tertiary/aromatic N) is 1. The second-order valence-corrected chi connectivity index (χ2v) is 3.44. The van der Waals surface area contributed by atoms with Crippen LogP contribution in [0.4, 0.5) is 5.69 Å². The lowest BCUT2D eigenvalue weighted by molar-refractivity contribution is 0.0602. The number of nitriles is 1. The van der Waals surface area contributed by atoms with Crippen LogP contribution in [0.15, 0.2) is 24.3 Å². The molecular weight excluding hydrogens is 204 g/mol. The van der Waals surface area contributed by atoms with E-state index in [4.69, 9.17) is 5.26 Å². The van der Waals surface area contributed by atoms with Gasteiger partial charge in [-0.15, -0.1) is 0 Å². The van der Waals surface area contributed by atoms with E-state index in [1.54, 1.807) is 18.2 Å². The normalized spacial score (nSPS) is 11.3. The predicted octanol–water partition coefficient (Wildman–Crippen LogP) is 2.19. The molecular formula is C12H14N2O2. The summed E-state index contributed by atoms with van der Waals surface area (Å²) in [5.41, 5.74) is 1.17. The molecule has 0 heterocycles. The van der Waals surface area contributed by atoms with Crippen LogP contribution in [0.2, 0.25) is 0 Å². The minimum Gasteiger partial charge on any atom is -0.465 e. The number of rotatable bonds is 4. The summed E-state index contributed by atoms with van der Waals surface area (Å²) in [5.74, 6) is -0.382. The monoisotopic (exact) mass is 218 g/mol. The second kappa shape index (κ2) is 5.76. The molecule has 1 aromatic rings. The summed E-state index contributed by atoms with van der Waals surface area (Å²) in [6.07, 6.45) is 0.384. The fraction of sp³-hybridized carbons (Fsp3) is 0.333. The highest BCUT2D eigenvalue weighted by atomic mass is 16.5. The van der Waals surface area contributed by atoms with E-state index < -0.39 is 0 Å². The van der Waals surface area contributed by atoms with Crippen molar-refractivity contribution in [3.8, 4) is 6.07 Å². The van der Waals surface area contributed by atoms with Gasteiger partial charge in [0.15, 0.2) is 0 Å². The zero-order valence-electron chi connectivity index (χ0n) is 9.36. The van der Waals surface area contributed by atoms with Crippen molar-refractivity contribution >= 4 is 11.7 Å². The Bertz CT molecular complexity index is 410. The van der Waals surface area contributed by atoms with Gasteiger partial charge < -0.3 is 10.1 Å². The molecule has 0 saturated carbocycles. The van der Waals surface area contributed by atoms with Crippen LogP contribution in [-0.2, 0) is 4.74 Å². The van der Waals surface area contributed by atoms with Crippen molar-refractivity contribution in [3.63, 3.8) is 0 Å². The first-order valence-corrected chi connectivity index (χ1v) is 5.00. The Kier molecular flexibility index (Phi) is 4.34. The Hall–Kier alpha value is -2.02. The van der Waals surface area contributed by atoms with Gasteiger partial charge >= 0.3 is 5.97 Å². The Labute approximate surface area is 94.8 Å². The summed E-state index contributed by atoms with van der Waals surface area (Å²) < 4.78 is 4.67. The van der Waals surface area contributed by atoms with Crippen LogP contribution in [0, 0.1) is 11.3 Å². The van der Waals surface area contributed by atoms with E-state index in [1.165, 1.54) is 7.11 Å². The molecule has 0 spiro atoms. The molecule has 0 saturated heterocycles. The van der Waals surface area contributed by atoms with Crippen molar-refractivity contribution in [2.75, 3.05) is 12.4 Å². The molecule has 1 unspecified atom stereocenters. The average Bonchev–Trinajstić information content (AvgIpc) is 2.29. The number of benzene rings is 1. The lowest BCUT2D eigenvalue weighted by atomic mass is 10.1. The zero-order chi connectivity index (χ0) is 12.0. The number of hydrogen-bond acceptors (Lipinski definition) is 4. The third-order valence-electron chi connectivity index (χ3n) is 2.13. The van der Waals surface area contributed by atoms with E-state index in [2.05, 4.69) is 16.1 Å². The van der Waals surface area contributed by atoms with E-state index in [9.17, 15) is 4.79 Å². The Morgan fingerprint density at radius 3 is 2.88 bits per heavy atom. The minimum absolute atomic E-state index is 0.00388. The highest BCUT2D eigenvalue weighted by Crippen LogP contribution is 2.17. The largest absolute Gasteiger partial charge is 0.465 e. The topological polar surface area (TPSA) is 62.1 Å². The van der Waals surface area contributed by atoms with Gasteiger partial charge in [0.2, 0.25) is 0 Å². The predicted molar refractivity (Wildman–Crippen MR) is 61.1 cm³/mol. The number of para-hydroxylation sites is 1. The first-order chi connectivity index (χ1) is 7.69. The molecule has 4 nitrogen and oxygen atoms in total. The Balaban J connectivity index is 2.87. The Morgan fingerprint density at radius 2 is 2.25 bits per heavy atom. The van der Waals surface area contributed by atoms with E-state index >= 15 is 0 Å². The standard InChI is InChI=1S/C12H14N2O2/c1-9(7-8-13)14-11-6-4-3-5-10(11)12(15)16-2/h3-6,9,14H,7H2,1-2H3. The summed E-state index contributed by atoms with van der Waals surface area (Å²) in [6.45, 7) is 1.89. The SMILES string of the molecule is COC(=O)c1ccccc1NC(C)CC#N. The van der Waals surface area contributed by atoms with Crippen LogP contribution in [0.5, 0.6) is 0 Å². The molecule has 0 bridgehead atoms. The molecule has 4 heteroatoms. The fourth-order valence-corrected chi connectivity index (χ4v) is 1.35. The summed E-state index contributed by atoms with van der Waals surface area (Å²) >= 11 is 0. The van der Waals surface area contributed by atoms with Crippen molar-refractivity contribution in [1.29, 1.82) is 5.26 Å². The quantitative estimate of drug-likeness (QED) is 0.787. The maximum absolute atomic E-state index is 11.4. The van der Waals surface area contributed by atoms with Crippen molar-refractivity contribution in [3.05, 3.63) is 29.8 Å². The fourth-order valence-electron chi connectivity index (χ4n) is 1.35. The average molecular weight is 218 g/mol. The minimum atomic E-state index is -0.382. The second-order valence-electron chi connectivity index (χ2n) is 3.44. The Morgan fingerprint density at radius 1 is 1.56 bits per heavy atom. The van der Waals surface area contributed by atoms with E-state index in [0.29, 0.717) is 17.7 Å². The number of carbonyl (C=O) groups excluding carboxylic acids is 1. The molecule has 1 aromatic carbocycles. The zero-order valence-corrected chi connectivity index (χ0v) is 9.36. The molecule has 0 aliphatic rings. The van der Waals surface area contributed by atoms with Gasteiger partial charge in [-0.2, -0.15) is 5.26 Å². The third kappa shape index (κ3) is 2.99. The van der Waals surface area contributed by atoms with Gasteiger partial charge in [0, 0.05) is 11.7 Å². The molecule has 16 heavy (non-hydrogen) atoms. The van der Waals surface area contributed by atoms with Gasteiger partial charge in [-0.25, -0.2) is 4.79 Å². The maximum Gasteiger partial charge on any atom is 0.339 e. The molecule has 1 N–H and O–H groups in total. The molecule has 84 valence electrons. The number of hydrogen-bond donors (Lipinski definition) is 1. The first kappa shape index (κ1) is 12.1. The van der Waals surface area contributed by atoms with E-state index in [0.717, 1.165) is 0 Å². The van der Waals surface area contributed by atoms with Crippen LogP contribution >= 0.6 is 0 Å². The van der Waals surface area contributed by atoms with E-state index in [-0.39, 0.29) is 12.0 Å². The van der Waals surface area contributed by atoms with Crippen LogP contribution in [0.25, 0.3) is 0 Å². The molecule has 0 aliphatic heterocycles. The lowest BCUT2D eigenvalue weighted by Gasteiger charge is -2.14. The molecule has 0 amide bonds. The number of anilines is 1. The van der Waals surface area contributed by atoms with Gasteiger partial charge in [0.25, 0.3) is 0 Å². The van der Waals surface area contributed by atoms with Gasteiger partial charge in [-0.3, -0.25) is 0 Å². The number of carbonyl (C=O) groups is 1. The van der Waals surface area contributed by atoms with Gasteiger partial charge in [0.1, 0.15) is 0 Å². The van der Waals surface area contributed by atoms with Gasteiger partial charge in [-0.05, 0) is 19.1 Å². The van der Waals surface area contributed by atoms with E-state index in [1.807, 2.05) is 13.0 Å². The van der Waals surface area contributed by atoms with Gasteiger partial charge in [-0.1, -0.05) is 12.1 Å². The molecule has 0 radical (unpaired) electrons. The van der Waals surface area contributed by atoms with Crippen molar-refractivity contribution < 1.29 is 9.53 Å². The van der Waals surface area contributed by atoms with Crippen molar-refractivity contribution in [2.24, 2.45) is 0 Å². The number of esters is 1. The van der Waals surface area contributed by atoms with Crippen molar-refractivity contribution in [2.45, 2.75) is 19.4 Å². The lowest BCUT2D eigenvalue weighted by Crippen LogP contribution is -2.17. The van der Waals surface area contributed by atoms with Gasteiger partial charge in [0.05, 0.1) is 25.2 Å². The van der Waals surface area contributed by atoms with Crippen LogP contribution in [-0.4, -0.2) is 19.1 Å². The first-order valence-electron chi connectivity index (χ1n) is 5.00. The summed E-state index contributed by atoms with van der Waals surface area (Å²) in [5, 5.41) is 11.7. The number of methoxy groups -OCH3 is 1. The molecule has 1 atom stereocenters. The highest BCUT2D eigenvalue weighted by Gasteiger charge is 2.12. The smallest absolute Gasteiger partial charge is 0.339 e. The molecule has 0 aromatic heterocycles. The van der Waals surface area contributed by atoms with Crippen LogP contribution in [0.1, 0.15) is 23.7 Å². The summed E-state index contributed by atoms with van der Waals surface area (Å²) in [6, 6.07) is 9.14. The summed E-state index contributed by atoms with van der Waals surface area (Å²) in [4.78, 5) is 11.4. The third-order valence-corrected chi connectivity index (χ3v) is 2.13. The maximum atomic E-state index is 11.4. The molecule has 0 aliphatic carbocycles. The highest BCUT2D eigenvalue weighted by molar-refractivity contribution is 5.95.